The number of para-hydroxylation sites is 1. The van der Waals surface area contributed by atoms with Gasteiger partial charge in [-0.2, -0.15) is 0 Å². The number of hydrogen-bond donors (Lipinski definition) is 2. The summed E-state index contributed by atoms with van der Waals surface area (Å²) in [4.78, 5) is 21.6. The zero-order valence-electron chi connectivity index (χ0n) is 8.17. The summed E-state index contributed by atoms with van der Waals surface area (Å²) in [6.07, 6.45) is 0. The van der Waals surface area contributed by atoms with E-state index in [0.717, 1.165) is 11.3 Å². The molecule has 0 amide bonds. The third-order valence-corrected chi connectivity index (χ3v) is 3.09. The molecule has 0 aliphatic rings. The normalized spacial score (nSPS) is 12.8. The van der Waals surface area contributed by atoms with Gasteiger partial charge in [-0.05, 0) is 6.07 Å². The molecule has 0 spiro atoms. The van der Waals surface area contributed by atoms with Gasteiger partial charge in [-0.1, -0.05) is 23.5 Å². The molecule has 0 fully saturated rings. The first-order valence-electron chi connectivity index (χ1n) is 4.59. The van der Waals surface area contributed by atoms with E-state index in [4.69, 9.17) is 15.3 Å². The van der Waals surface area contributed by atoms with Crippen LogP contribution in [0.5, 0.6) is 0 Å². The van der Waals surface area contributed by atoms with Crippen LogP contribution in [0.25, 0.3) is 10.3 Å². The van der Waals surface area contributed by atoms with Crippen molar-refractivity contribution >= 4 is 27.6 Å². The van der Waals surface area contributed by atoms with Crippen LogP contribution >= 0.6 is 11.3 Å². The topological polar surface area (TPSA) is 93.5 Å². The van der Waals surface area contributed by atoms with Crippen LogP contribution in [0.4, 0.5) is 0 Å². The first-order valence-corrected chi connectivity index (χ1v) is 5.40. The van der Waals surface area contributed by atoms with E-state index >= 15 is 0 Å². The zero-order valence-corrected chi connectivity index (χ0v) is 8.99. The lowest BCUT2D eigenvalue weighted by Gasteiger charge is -2.09. The Kier molecular flexibility index (Phi) is 2.76. The van der Waals surface area contributed by atoms with Crippen LogP contribution in [0.3, 0.4) is 0 Å². The highest BCUT2D eigenvalue weighted by atomic mass is 32.1. The highest BCUT2D eigenvalue weighted by Crippen LogP contribution is 2.26. The van der Waals surface area contributed by atoms with Gasteiger partial charge in [0.25, 0.3) is 0 Å². The monoisotopic (exact) mass is 239 g/mol. The molecule has 1 aromatic heterocycles. The minimum atomic E-state index is -1.02. The molecule has 0 radical (unpaired) electrons. The Hall–Kier alpha value is -1.66. The molecule has 0 saturated carbocycles. The van der Waals surface area contributed by atoms with Crippen LogP contribution in [-0.2, 0) is 4.79 Å². The minimum Gasteiger partial charge on any atom is -0.481 e. The summed E-state index contributed by atoms with van der Waals surface area (Å²) in [6.45, 7) is -0.0337. The standard InChI is InChI=1S/C10H9NO4S/c11-4-6(9(12)13)5-2-1-3-7-8(5)15-10(14)16-7/h1-3,6H,4,11H2,(H,12,13). The van der Waals surface area contributed by atoms with Gasteiger partial charge in [0, 0.05) is 12.1 Å². The Balaban J connectivity index is 2.67. The maximum atomic E-state index is 11.1. The van der Waals surface area contributed by atoms with Crippen molar-refractivity contribution in [3.8, 4) is 0 Å². The molecule has 1 unspecified atom stereocenters. The van der Waals surface area contributed by atoms with Crippen molar-refractivity contribution in [2.45, 2.75) is 5.92 Å². The minimum absolute atomic E-state index is 0.0337. The Morgan fingerprint density at radius 2 is 2.31 bits per heavy atom. The van der Waals surface area contributed by atoms with E-state index in [1.165, 1.54) is 0 Å². The van der Waals surface area contributed by atoms with Crippen LogP contribution in [-0.4, -0.2) is 17.6 Å². The average molecular weight is 239 g/mol. The van der Waals surface area contributed by atoms with Crippen LogP contribution in [0.15, 0.2) is 27.4 Å². The van der Waals surface area contributed by atoms with E-state index in [-0.39, 0.29) is 6.54 Å². The van der Waals surface area contributed by atoms with E-state index in [2.05, 4.69) is 0 Å². The molecular formula is C10H9NO4S. The molecule has 1 heterocycles. The first-order chi connectivity index (χ1) is 7.63. The van der Waals surface area contributed by atoms with E-state index < -0.39 is 16.8 Å². The quantitative estimate of drug-likeness (QED) is 0.832. The number of carbonyl (C=O) groups is 1. The van der Waals surface area contributed by atoms with Crippen molar-refractivity contribution in [3.05, 3.63) is 33.5 Å². The summed E-state index contributed by atoms with van der Waals surface area (Å²) >= 11 is 0.950. The van der Waals surface area contributed by atoms with Gasteiger partial charge in [-0.3, -0.25) is 4.79 Å². The van der Waals surface area contributed by atoms with Crippen LogP contribution in [0, 0.1) is 0 Å². The molecule has 0 bridgehead atoms. The fourth-order valence-corrected chi connectivity index (χ4v) is 2.25. The number of aliphatic carboxylic acids is 1. The second-order valence-electron chi connectivity index (χ2n) is 3.26. The Morgan fingerprint density at radius 3 is 2.94 bits per heavy atom. The van der Waals surface area contributed by atoms with E-state index in [1.807, 2.05) is 0 Å². The van der Waals surface area contributed by atoms with Gasteiger partial charge in [0.1, 0.15) is 0 Å². The number of fused-ring (bicyclic) bond motifs is 1. The lowest BCUT2D eigenvalue weighted by Crippen LogP contribution is -2.21. The van der Waals surface area contributed by atoms with Crippen molar-refractivity contribution in [1.82, 2.24) is 0 Å². The van der Waals surface area contributed by atoms with Crippen molar-refractivity contribution in [1.29, 1.82) is 0 Å². The fraction of sp³-hybridized carbons (Fsp3) is 0.200. The van der Waals surface area contributed by atoms with Gasteiger partial charge in [0.15, 0.2) is 5.58 Å². The van der Waals surface area contributed by atoms with Crippen molar-refractivity contribution in [2.75, 3.05) is 6.54 Å². The highest BCUT2D eigenvalue weighted by Gasteiger charge is 2.22. The van der Waals surface area contributed by atoms with Crippen LogP contribution in [0.1, 0.15) is 11.5 Å². The van der Waals surface area contributed by atoms with Crippen LogP contribution < -0.4 is 10.7 Å². The molecule has 3 N–H and O–H groups in total. The third kappa shape index (κ3) is 1.72. The van der Waals surface area contributed by atoms with Crippen molar-refractivity contribution in [3.63, 3.8) is 0 Å². The average Bonchev–Trinajstić information content (AvgIpc) is 2.59. The number of carboxylic acids is 1. The smallest absolute Gasteiger partial charge is 0.396 e. The van der Waals surface area contributed by atoms with Crippen molar-refractivity contribution in [2.24, 2.45) is 5.73 Å². The predicted octanol–water partition coefficient (Wildman–Crippen LogP) is 0.981. The van der Waals surface area contributed by atoms with E-state index in [9.17, 15) is 9.59 Å². The molecular weight excluding hydrogens is 230 g/mol. The highest BCUT2D eigenvalue weighted by molar-refractivity contribution is 7.16. The summed E-state index contributed by atoms with van der Waals surface area (Å²) in [5.74, 6) is -1.87. The number of nitrogens with two attached hydrogens (primary N) is 1. The van der Waals surface area contributed by atoms with Crippen LogP contribution in [0.2, 0.25) is 0 Å². The summed E-state index contributed by atoms with van der Waals surface area (Å²) in [5.41, 5.74) is 6.19. The molecule has 1 aromatic carbocycles. The fourth-order valence-electron chi connectivity index (χ4n) is 1.55. The molecule has 6 heteroatoms. The summed E-state index contributed by atoms with van der Waals surface area (Å²) in [5, 5.41) is 9.00. The SMILES string of the molecule is NCC(C(=O)O)c1cccc2sc(=O)oc12. The van der Waals surface area contributed by atoms with Crippen molar-refractivity contribution < 1.29 is 14.3 Å². The maximum Gasteiger partial charge on any atom is 0.396 e. The number of benzene rings is 1. The molecule has 5 nitrogen and oxygen atoms in total. The molecule has 16 heavy (non-hydrogen) atoms. The molecule has 84 valence electrons. The van der Waals surface area contributed by atoms with E-state index in [1.54, 1.807) is 18.2 Å². The maximum absolute atomic E-state index is 11.1. The third-order valence-electron chi connectivity index (χ3n) is 2.30. The van der Waals surface area contributed by atoms with Gasteiger partial charge in [-0.25, -0.2) is 4.79 Å². The van der Waals surface area contributed by atoms with E-state index in [0.29, 0.717) is 15.8 Å². The summed E-state index contributed by atoms with van der Waals surface area (Å²) in [7, 11) is 0. The summed E-state index contributed by atoms with van der Waals surface area (Å²) in [6, 6.07) is 5.02. The lowest BCUT2D eigenvalue weighted by atomic mass is 9.99. The summed E-state index contributed by atoms with van der Waals surface area (Å²) < 4.78 is 5.62. The van der Waals surface area contributed by atoms with Gasteiger partial charge in [0.2, 0.25) is 0 Å². The van der Waals surface area contributed by atoms with Gasteiger partial charge in [-0.15, -0.1) is 0 Å². The largest absolute Gasteiger partial charge is 0.481 e. The predicted molar refractivity (Wildman–Crippen MR) is 59.8 cm³/mol. The van der Waals surface area contributed by atoms with Gasteiger partial charge >= 0.3 is 10.9 Å². The second-order valence-corrected chi connectivity index (χ2v) is 4.23. The zero-order chi connectivity index (χ0) is 11.7. The second kappa shape index (κ2) is 4.07. The molecule has 2 aromatic rings. The lowest BCUT2D eigenvalue weighted by molar-refractivity contribution is -0.138. The number of rotatable bonds is 3. The molecule has 2 rings (SSSR count). The number of carboxylic acid groups (broad SMARTS) is 1. The van der Waals surface area contributed by atoms with Gasteiger partial charge < -0.3 is 15.3 Å². The molecule has 0 aliphatic carbocycles. The number of hydrogen-bond acceptors (Lipinski definition) is 5. The van der Waals surface area contributed by atoms with Gasteiger partial charge in [0.05, 0.1) is 10.6 Å². The Morgan fingerprint density at radius 1 is 1.56 bits per heavy atom. The Labute approximate surface area is 94.1 Å². The molecule has 1 atom stereocenters. The first kappa shape index (κ1) is 10.8. The molecule has 0 aliphatic heterocycles. The molecule has 0 saturated heterocycles. The Bertz CT molecular complexity index is 586.